The second-order valence-electron chi connectivity index (χ2n) is 8.66. The third-order valence-corrected chi connectivity index (χ3v) is 8.07. The predicted octanol–water partition coefficient (Wildman–Crippen LogP) is 5.68. The summed E-state index contributed by atoms with van der Waals surface area (Å²) in [6.07, 6.45) is 2.63. The quantitative estimate of drug-likeness (QED) is 0.432. The van der Waals surface area contributed by atoms with Gasteiger partial charge in [-0.05, 0) is 77.2 Å². The van der Waals surface area contributed by atoms with Crippen LogP contribution in [-0.4, -0.2) is 30.1 Å². The van der Waals surface area contributed by atoms with E-state index in [9.17, 15) is 0 Å². The summed E-state index contributed by atoms with van der Waals surface area (Å²) in [4.78, 5) is 2.76. The van der Waals surface area contributed by atoms with E-state index in [1.165, 1.54) is 46.2 Å². The van der Waals surface area contributed by atoms with Crippen LogP contribution in [0.4, 0.5) is 0 Å². The van der Waals surface area contributed by atoms with Gasteiger partial charge in [0.05, 0.1) is 0 Å². The van der Waals surface area contributed by atoms with Gasteiger partial charge in [0.1, 0.15) is 0 Å². The number of hydrogen-bond acceptors (Lipinski definition) is 2. The van der Waals surface area contributed by atoms with Crippen molar-refractivity contribution in [3.8, 4) is 0 Å². The number of piperidine rings is 3. The molecule has 3 aromatic rings. The minimum Gasteiger partial charge on any atom is -0.308 e. The fraction of sp³-hybridized carbons (Fsp3) is 0.333. The highest BCUT2D eigenvalue weighted by molar-refractivity contribution is 14.1. The maximum atomic E-state index is 4.03. The molecular weight excluding hydrogens is 479 g/mol. The summed E-state index contributed by atoms with van der Waals surface area (Å²) < 4.78 is 1.35. The van der Waals surface area contributed by atoms with Crippen LogP contribution >= 0.6 is 22.6 Å². The molecule has 0 aromatic heterocycles. The molecule has 1 unspecified atom stereocenters. The van der Waals surface area contributed by atoms with Crippen LogP contribution in [0.5, 0.6) is 0 Å². The van der Waals surface area contributed by atoms with Crippen molar-refractivity contribution < 1.29 is 0 Å². The summed E-state index contributed by atoms with van der Waals surface area (Å²) in [6.45, 7) is 3.40. The van der Waals surface area contributed by atoms with Crippen LogP contribution in [0.25, 0.3) is 0 Å². The van der Waals surface area contributed by atoms with Crippen molar-refractivity contribution in [2.45, 2.75) is 37.4 Å². The molecular formula is C27H29IN2. The Morgan fingerprint density at radius 3 is 1.97 bits per heavy atom. The lowest BCUT2D eigenvalue weighted by molar-refractivity contribution is 0.00466. The molecule has 3 aliphatic rings. The topological polar surface area (TPSA) is 15.3 Å². The van der Waals surface area contributed by atoms with Crippen LogP contribution in [0.1, 0.15) is 35.4 Å². The van der Waals surface area contributed by atoms with E-state index in [-0.39, 0.29) is 0 Å². The Morgan fingerprint density at radius 2 is 1.37 bits per heavy atom. The zero-order valence-corrected chi connectivity index (χ0v) is 19.4. The fourth-order valence-corrected chi connectivity index (χ4v) is 6.14. The van der Waals surface area contributed by atoms with Crippen molar-refractivity contribution in [1.29, 1.82) is 0 Å². The van der Waals surface area contributed by atoms with Crippen LogP contribution in [-0.2, 0) is 6.54 Å². The maximum Gasteiger partial charge on any atom is 0.0361 e. The second kappa shape index (κ2) is 9.21. The lowest BCUT2D eigenvalue weighted by Gasteiger charge is -2.54. The van der Waals surface area contributed by atoms with E-state index >= 15 is 0 Å². The predicted molar refractivity (Wildman–Crippen MR) is 133 cm³/mol. The Bertz CT molecular complexity index is 911. The Labute approximate surface area is 193 Å². The largest absolute Gasteiger partial charge is 0.308 e. The Hall–Kier alpha value is -1.69. The number of benzene rings is 3. The smallest absolute Gasteiger partial charge is 0.0361 e. The molecule has 3 heterocycles. The highest BCUT2D eigenvalue weighted by atomic mass is 127. The van der Waals surface area contributed by atoms with Gasteiger partial charge in [0.25, 0.3) is 0 Å². The summed E-state index contributed by atoms with van der Waals surface area (Å²) in [5.74, 6) is 1.15. The minimum atomic E-state index is 0.392. The molecule has 0 spiro atoms. The first-order valence-electron chi connectivity index (χ1n) is 11.1. The zero-order valence-electron chi connectivity index (χ0n) is 17.3. The summed E-state index contributed by atoms with van der Waals surface area (Å²) in [5.41, 5.74) is 4.27. The lowest BCUT2D eigenvalue weighted by Crippen LogP contribution is -2.64. The molecule has 3 heteroatoms. The Morgan fingerprint density at radius 1 is 0.800 bits per heavy atom. The van der Waals surface area contributed by atoms with Gasteiger partial charge in [-0.25, -0.2) is 0 Å². The summed E-state index contributed by atoms with van der Waals surface area (Å²) in [5, 5.41) is 4.03. The Kier molecular flexibility index (Phi) is 6.21. The molecule has 154 valence electrons. The van der Waals surface area contributed by atoms with Gasteiger partial charge in [-0.15, -0.1) is 0 Å². The van der Waals surface area contributed by atoms with Crippen LogP contribution in [0.2, 0.25) is 0 Å². The first-order valence-corrected chi connectivity index (χ1v) is 12.2. The molecule has 2 atom stereocenters. The number of halogens is 1. The highest BCUT2D eigenvalue weighted by Crippen LogP contribution is 2.42. The monoisotopic (exact) mass is 508 g/mol. The number of nitrogens with one attached hydrogen (secondary N) is 1. The summed E-state index contributed by atoms with van der Waals surface area (Å²) in [7, 11) is 0. The van der Waals surface area contributed by atoms with Crippen LogP contribution in [0, 0.1) is 9.49 Å². The fourth-order valence-electron chi connectivity index (χ4n) is 5.57. The minimum absolute atomic E-state index is 0.392. The molecule has 0 radical (unpaired) electrons. The first kappa shape index (κ1) is 20.2. The van der Waals surface area contributed by atoms with Crippen LogP contribution < -0.4 is 5.32 Å². The molecule has 3 aliphatic heterocycles. The van der Waals surface area contributed by atoms with Gasteiger partial charge < -0.3 is 5.32 Å². The summed E-state index contributed by atoms with van der Waals surface area (Å²) in [6, 6.07) is 32.1. The average molecular weight is 508 g/mol. The SMILES string of the molecule is Ic1ccccc1CN[C@@H]1C2CCN(CC2)C1C(c1ccccc1)c1ccccc1. The number of rotatable bonds is 6. The zero-order chi connectivity index (χ0) is 20.3. The van der Waals surface area contributed by atoms with E-state index < -0.39 is 0 Å². The molecule has 2 bridgehead atoms. The molecule has 30 heavy (non-hydrogen) atoms. The molecule has 3 fully saturated rings. The number of nitrogens with zero attached hydrogens (tertiary/aromatic N) is 1. The third kappa shape index (κ3) is 4.08. The molecule has 0 aliphatic carbocycles. The molecule has 1 N–H and O–H groups in total. The molecule has 0 saturated carbocycles. The third-order valence-electron chi connectivity index (χ3n) is 7.02. The lowest BCUT2D eigenvalue weighted by atomic mass is 9.70. The van der Waals surface area contributed by atoms with Crippen molar-refractivity contribution >= 4 is 22.6 Å². The van der Waals surface area contributed by atoms with E-state index in [0.717, 1.165) is 12.5 Å². The van der Waals surface area contributed by atoms with Gasteiger partial charge >= 0.3 is 0 Å². The van der Waals surface area contributed by atoms with Gasteiger partial charge in [0.15, 0.2) is 0 Å². The molecule has 2 nitrogen and oxygen atoms in total. The molecule has 6 rings (SSSR count). The first-order chi connectivity index (χ1) is 14.8. The average Bonchev–Trinajstić information content (AvgIpc) is 2.81. The normalized spacial score (nSPS) is 25.5. The number of fused-ring (bicyclic) bond motifs is 3. The van der Waals surface area contributed by atoms with Gasteiger partial charge in [0, 0.05) is 28.1 Å². The van der Waals surface area contributed by atoms with E-state index in [1.54, 1.807) is 0 Å². The van der Waals surface area contributed by atoms with Gasteiger partial charge in [-0.1, -0.05) is 78.9 Å². The van der Waals surface area contributed by atoms with Gasteiger partial charge in [-0.3, -0.25) is 4.90 Å². The van der Waals surface area contributed by atoms with Crippen molar-refractivity contribution in [1.82, 2.24) is 10.2 Å². The van der Waals surface area contributed by atoms with E-state index in [2.05, 4.69) is 118 Å². The highest BCUT2D eigenvalue weighted by Gasteiger charge is 2.46. The van der Waals surface area contributed by atoms with Crippen molar-refractivity contribution in [2.24, 2.45) is 5.92 Å². The van der Waals surface area contributed by atoms with Crippen molar-refractivity contribution in [3.05, 3.63) is 105 Å². The van der Waals surface area contributed by atoms with Crippen LogP contribution in [0.15, 0.2) is 84.9 Å². The molecule has 3 aromatic carbocycles. The second-order valence-corrected chi connectivity index (χ2v) is 9.82. The number of hydrogen-bond donors (Lipinski definition) is 1. The van der Waals surface area contributed by atoms with Gasteiger partial charge in [-0.2, -0.15) is 0 Å². The van der Waals surface area contributed by atoms with Crippen LogP contribution in [0.3, 0.4) is 0 Å². The van der Waals surface area contributed by atoms with Crippen molar-refractivity contribution in [2.75, 3.05) is 13.1 Å². The van der Waals surface area contributed by atoms with Gasteiger partial charge in [0.2, 0.25) is 0 Å². The van der Waals surface area contributed by atoms with E-state index in [1.807, 2.05) is 0 Å². The maximum absolute atomic E-state index is 4.03. The Balaban J connectivity index is 1.50. The van der Waals surface area contributed by atoms with Crippen molar-refractivity contribution in [3.63, 3.8) is 0 Å². The van der Waals surface area contributed by atoms with E-state index in [0.29, 0.717) is 18.0 Å². The standard InChI is InChI=1S/C27H29IN2/c28-24-14-8-7-13-23(24)19-29-26-22-15-17-30(18-16-22)27(26)25(20-9-3-1-4-10-20)21-11-5-2-6-12-21/h1-14,22,25-27,29H,15-19H2/t26-,27?/m1/s1. The molecule has 3 saturated heterocycles. The molecule has 0 amide bonds. The van der Waals surface area contributed by atoms with E-state index in [4.69, 9.17) is 0 Å². The summed E-state index contributed by atoms with van der Waals surface area (Å²) >= 11 is 2.46.